The summed E-state index contributed by atoms with van der Waals surface area (Å²) in [5.41, 5.74) is 4.41. The van der Waals surface area contributed by atoms with Gasteiger partial charge >= 0.3 is 0 Å². The molecule has 0 saturated heterocycles. The van der Waals surface area contributed by atoms with Crippen LogP contribution in [-0.2, 0) is 11.2 Å². The van der Waals surface area contributed by atoms with Crippen molar-refractivity contribution in [1.82, 2.24) is 14.8 Å². The quantitative estimate of drug-likeness (QED) is 0.183. The molecule has 0 saturated carbocycles. The number of aliphatic hydroxyl groups excluding tert-OH is 1. The molecular weight excluding hydrogens is 468 g/mol. The second-order valence-electron chi connectivity index (χ2n) is 7.87. The zero-order valence-electron chi connectivity index (χ0n) is 19.0. The standard InChI is InChI=1S/C24H26N6O2S2/c1-16-8-9-19(13-17(16)14-21(31)10-11-25)29(2)12-4-7-22(32)26-18-5-3-6-20(15-18)30-23(33)27-28-24(30)34/h3,5-6,8-10,13,15,31H,4,7,12,14H2,1-2H3,(H,26,32)(H,27,33)(H,28,34)/b21-10-. The third-order valence-electron chi connectivity index (χ3n) is 5.34. The van der Waals surface area contributed by atoms with Crippen molar-refractivity contribution in [2.75, 3.05) is 23.8 Å². The molecule has 0 aliphatic heterocycles. The van der Waals surface area contributed by atoms with E-state index in [2.05, 4.69) is 20.4 Å². The molecule has 3 aromatic rings. The highest BCUT2D eigenvalue weighted by Crippen LogP contribution is 2.21. The van der Waals surface area contributed by atoms with Gasteiger partial charge in [-0.3, -0.25) is 19.6 Å². The van der Waals surface area contributed by atoms with Crippen molar-refractivity contribution in [3.8, 4) is 11.8 Å². The topological polar surface area (TPSA) is 113 Å². The number of H-pyrrole nitrogens is 2. The highest BCUT2D eigenvalue weighted by molar-refractivity contribution is 7.72. The highest BCUT2D eigenvalue weighted by Gasteiger charge is 2.09. The summed E-state index contributed by atoms with van der Waals surface area (Å²) in [7, 11) is 1.96. The van der Waals surface area contributed by atoms with Gasteiger partial charge in [0.15, 0.2) is 9.54 Å². The molecule has 0 aliphatic carbocycles. The first-order valence-electron chi connectivity index (χ1n) is 10.7. The van der Waals surface area contributed by atoms with E-state index in [-0.39, 0.29) is 11.7 Å². The summed E-state index contributed by atoms with van der Waals surface area (Å²) in [5.74, 6) is -0.0448. The van der Waals surface area contributed by atoms with Crippen LogP contribution in [0.25, 0.3) is 5.69 Å². The second kappa shape index (κ2) is 11.4. The Balaban J connectivity index is 1.56. The SMILES string of the molecule is Cc1ccc(N(C)CCCC(=O)Nc2cccc(-n3c(=S)[nH][nH]c3=S)c2)cc1C/C(O)=C/C#N. The summed E-state index contributed by atoms with van der Waals surface area (Å²) >= 11 is 10.5. The minimum atomic E-state index is -0.0791. The molecule has 1 amide bonds. The van der Waals surface area contributed by atoms with E-state index >= 15 is 0 Å². The van der Waals surface area contributed by atoms with Crippen molar-refractivity contribution in [1.29, 1.82) is 5.26 Å². The van der Waals surface area contributed by atoms with Crippen LogP contribution in [-0.4, -0.2) is 39.4 Å². The Hall–Kier alpha value is -3.68. The number of carbonyl (C=O) groups excluding carboxylic acids is 1. The molecular formula is C24H26N6O2S2. The van der Waals surface area contributed by atoms with Gasteiger partial charge in [0.05, 0.1) is 17.8 Å². The zero-order chi connectivity index (χ0) is 24.7. The molecule has 0 bridgehead atoms. The average Bonchev–Trinajstić information content (AvgIpc) is 3.13. The number of anilines is 2. The third-order valence-corrected chi connectivity index (χ3v) is 5.91. The van der Waals surface area contributed by atoms with Crippen LogP contribution in [0, 0.1) is 27.8 Å². The number of benzene rings is 2. The highest BCUT2D eigenvalue weighted by atomic mass is 32.1. The number of aryl methyl sites for hydroxylation is 1. The number of carbonyl (C=O) groups is 1. The fourth-order valence-corrected chi connectivity index (χ4v) is 4.06. The van der Waals surface area contributed by atoms with Gasteiger partial charge in [0, 0.05) is 37.8 Å². The van der Waals surface area contributed by atoms with Crippen LogP contribution < -0.4 is 10.2 Å². The molecule has 1 aromatic heterocycles. The lowest BCUT2D eigenvalue weighted by molar-refractivity contribution is -0.116. The van der Waals surface area contributed by atoms with E-state index in [1.165, 1.54) is 0 Å². The van der Waals surface area contributed by atoms with Crippen molar-refractivity contribution >= 4 is 41.7 Å². The van der Waals surface area contributed by atoms with Gasteiger partial charge in [-0.2, -0.15) is 5.26 Å². The van der Waals surface area contributed by atoms with Gasteiger partial charge in [-0.25, -0.2) is 0 Å². The Kier molecular flexibility index (Phi) is 8.40. The normalized spacial score (nSPS) is 11.1. The van der Waals surface area contributed by atoms with Gasteiger partial charge < -0.3 is 15.3 Å². The first kappa shape index (κ1) is 25.0. The molecule has 1 heterocycles. The summed E-state index contributed by atoms with van der Waals surface area (Å²) in [4.78, 5) is 14.6. The van der Waals surface area contributed by atoms with Crippen molar-refractivity contribution < 1.29 is 9.90 Å². The van der Waals surface area contributed by atoms with Crippen molar-refractivity contribution in [3.05, 3.63) is 75.0 Å². The van der Waals surface area contributed by atoms with Crippen molar-refractivity contribution in [2.45, 2.75) is 26.2 Å². The van der Waals surface area contributed by atoms with Crippen LogP contribution in [0.3, 0.4) is 0 Å². The largest absolute Gasteiger partial charge is 0.511 e. The van der Waals surface area contributed by atoms with Crippen LogP contribution in [0.1, 0.15) is 24.0 Å². The van der Waals surface area contributed by atoms with Crippen LogP contribution in [0.2, 0.25) is 0 Å². The van der Waals surface area contributed by atoms with E-state index in [9.17, 15) is 9.90 Å². The molecule has 34 heavy (non-hydrogen) atoms. The number of hydrogen-bond acceptors (Lipinski definition) is 6. The van der Waals surface area contributed by atoms with E-state index in [4.69, 9.17) is 29.7 Å². The molecule has 10 heteroatoms. The van der Waals surface area contributed by atoms with Gasteiger partial charge in [-0.1, -0.05) is 12.1 Å². The molecule has 8 nitrogen and oxygen atoms in total. The van der Waals surface area contributed by atoms with E-state index in [1.807, 2.05) is 62.5 Å². The van der Waals surface area contributed by atoms with Crippen LogP contribution in [0.4, 0.5) is 11.4 Å². The Labute approximate surface area is 208 Å². The summed E-state index contributed by atoms with van der Waals surface area (Å²) in [5, 5.41) is 27.1. The fraction of sp³-hybridized carbons (Fsp3) is 0.250. The van der Waals surface area contributed by atoms with Crippen LogP contribution in [0.15, 0.2) is 54.3 Å². The smallest absolute Gasteiger partial charge is 0.224 e. The van der Waals surface area contributed by atoms with E-state index in [0.29, 0.717) is 41.0 Å². The lowest BCUT2D eigenvalue weighted by Crippen LogP contribution is -2.21. The molecule has 0 spiro atoms. The maximum atomic E-state index is 12.5. The van der Waals surface area contributed by atoms with Crippen LogP contribution in [0.5, 0.6) is 0 Å². The Morgan fingerprint density at radius 1 is 1.24 bits per heavy atom. The lowest BCUT2D eigenvalue weighted by atomic mass is 10.0. The first-order valence-corrected chi connectivity index (χ1v) is 11.5. The van der Waals surface area contributed by atoms with Gasteiger partial charge in [0.2, 0.25) is 5.91 Å². The maximum Gasteiger partial charge on any atom is 0.224 e. The third kappa shape index (κ3) is 6.43. The number of hydrogen-bond donors (Lipinski definition) is 4. The molecule has 0 unspecified atom stereocenters. The number of nitriles is 1. The number of allylic oxidation sites excluding steroid dienone is 2. The molecule has 0 aliphatic rings. The lowest BCUT2D eigenvalue weighted by Gasteiger charge is -2.21. The van der Waals surface area contributed by atoms with Gasteiger partial charge in [0.1, 0.15) is 5.76 Å². The second-order valence-corrected chi connectivity index (χ2v) is 8.65. The molecule has 2 aromatic carbocycles. The Morgan fingerprint density at radius 3 is 2.68 bits per heavy atom. The van der Waals surface area contributed by atoms with Crippen LogP contribution >= 0.6 is 24.4 Å². The molecule has 0 atom stereocenters. The van der Waals surface area contributed by atoms with Gasteiger partial charge in [-0.05, 0) is 79.2 Å². The maximum absolute atomic E-state index is 12.5. The summed E-state index contributed by atoms with van der Waals surface area (Å²) in [6, 6.07) is 15.2. The molecule has 0 radical (unpaired) electrons. The molecule has 0 fully saturated rings. The Morgan fingerprint density at radius 2 is 1.97 bits per heavy atom. The van der Waals surface area contributed by atoms with Crippen molar-refractivity contribution in [2.24, 2.45) is 0 Å². The van der Waals surface area contributed by atoms with Gasteiger partial charge in [0.25, 0.3) is 0 Å². The number of nitrogens with one attached hydrogen (secondary N) is 3. The van der Waals surface area contributed by atoms with E-state index in [1.54, 1.807) is 4.57 Å². The summed E-state index contributed by atoms with van der Waals surface area (Å²) in [6.45, 7) is 2.65. The monoisotopic (exact) mass is 494 g/mol. The number of amides is 1. The fourth-order valence-electron chi connectivity index (χ4n) is 3.50. The summed E-state index contributed by atoms with van der Waals surface area (Å²) in [6.07, 6.45) is 2.48. The van der Waals surface area contributed by atoms with Gasteiger partial charge in [-0.15, -0.1) is 0 Å². The predicted octanol–water partition coefficient (Wildman–Crippen LogP) is 5.26. The minimum absolute atomic E-state index is 0.0343. The Bertz CT molecular complexity index is 1340. The predicted molar refractivity (Wildman–Crippen MR) is 138 cm³/mol. The molecule has 3 rings (SSSR count). The number of aromatic amines is 2. The van der Waals surface area contributed by atoms with E-state index < -0.39 is 0 Å². The van der Waals surface area contributed by atoms with E-state index in [0.717, 1.165) is 28.6 Å². The molecule has 176 valence electrons. The number of aromatic nitrogens is 3. The molecule has 4 N–H and O–H groups in total. The number of nitrogens with zero attached hydrogens (tertiary/aromatic N) is 3. The minimum Gasteiger partial charge on any atom is -0.511 e. The average molecular weight is 495 g/mol. The zero-order valence-corrected chi connectivity index (χ0v) is 20.6. The number of rotatable bonds is 9. The number of aliphatic hydroxyl groups is 1. The first-order chi connectivity index (χ1) is 16.3. The summed E-state index contributed by atoms with van der Waals surface area (Å²) < 4.78 is 2.58. The van der Waals surface area contributed by atoms with Crippen molar-refractivity contribution in [3.63, 3.8) is 0 Å².